The summed E-state index contributed by atoms with van der Waals surface area (Å²) in [6.45, 7) is 0. The Morgan fingerprint density at radius 3 is 2.70 bits per heavy atom. The Morgan fingerprint density at radius 2 is 2.00 bits per heavy atom. The minimum Gasteiger partial charge on any atom is -0.507 e. The number of thioether (sulfide) groups is 1. The van der Waals surface area contributed by atoms with E-state index in [2.05, 4.69) is 10.5 Å². The number of benzene rings is 2. The van der Waals surface area contributed by atoms with Crippen LogP contribution in [-0.4, -0.2) is 17.3 Å². The first kappa shape index (κ1) is 12.9. The predicted octanol–water partition coefficient (Wildman–Crippen LogP) is 3.10. The molecule has 0 bridgehead atoms. The molecular formula is C15H14N2O2S. The molecule has 0 amide bonds. The molecule has 2 N–H and O–H groups in total. The van der Waals surface area contributed by atoms with Gasteiger partial charge in [-0.25, -0.2) is 0 Å². The molecule has 1 heterocycles. The predicted molar refractivity (Wildman–Crippen MR) is 81.1 cm³/mol. The van der Waals surface area contributed by atoms with E-state index in [0.717, 1.165) is 16.2 Å². The molecule has 5 heteroatoms. The Balaban J connectivity index is 1.79. The molecule has 0 aromatic heterocycles. The number of methoxy groups -OCH3 is 1. The number of phenols is 1. The number of phenolic OH excluding ortho intramolecular Hbond substituents is 1. The van der Waals surface area contributed by atoms with Crippen LogP contribution < -0.4 is 10.2 Å². The second-order valence-corrected chi connectivity index (χ2v) is 5.43. The van der Waals surface area contributed by atoms with Gasteiger partial charge in [-0.2, -0.15) is 5.10 Å². The van der Waals surface area contributed by atoms with Gasteiger partial charge in [0.25, 0.3) is 0 Å². The lowest BCUT2D eigenvalue weighted by Crippen LogP contribution is -2.06. The lowest BCUT2D eigenvalue weighted by atomic mass is 10.2. The van der Waals surface area contributed by atoms with Crippen LogP contribution in [0.4, 0.5) is 0 Å². The maximum absolute atomic E-state index is 10.1. The summed E-state index contributed by atoms with van der Waals surface area (Å²) in [6, 6.07) is 15.3. The molecule has 0 unspecified atom stereocenters. The van der Waals surface area contributed by atoms with Gasteiger partial charge in [0, 0.05) is 17.2 Å². The smallest absolute Gasteiger partial charge is 0.126 e. The number of rotatable bonds is 3. The van der Waals surface area contributed by atoms with E-state index < -0.39 is 0 Å². The Morgan fingerprint density at radius 1 is 1.20 bits per heavy atom. The second-order valence-electron chi connectivity index (χ2n) is 4.33. The Hall–Kier alpha value is -2.14. The molecular weight excluding hydrogens is 272 g/mol. The summed E-state index contributed by atoms with van der Waals surface area (Å²) in [5, 5.41) is 15.2. The largest absolute Gasteiger partial charge is 0.507 e. The van der Waals surface area contributed by atoms with Gasteiger partial charge in [0.15, 0.2) is 0 Å². The molecule has 0 saturated heterocycles. The fraction of sp³-hybridized carbons (Fsp3) is 0.133. The third kappa shape index (κ3) is 2.44. The molecule has 0 saturated carbocycles. The first-order valence-electron chi connectivity index (χ1n) is 6.20. The van der Waals surface area contributed by atoms with Gasteiger partial charge in [-0.05, 0) is 12.1 Å². The van der Waals surface area contributed by atoms with Crippen molar-refractivity contribution in [2.45, 2.75) is 5.37 Å². The highest BCUT2D eigenvalue weighted by molar-refractivity contribution is 8.14. The summed E-state index contributed by atoms with van der Waals surface area (Å²) in [5.41, 5.74) is 4.92. The zero-order valence-electron chi connectivity index (χ0n) is 10.9. The second kappa shape index (κ2) is 5.46. The first-order valence-corrected chi connectivity index (χ1v) is 7.08. The van der Waals surface area contributed by atoms with Crippen molar-refractivity contribution >= 4 is 16.8 Å². The summed E-state index contributed by atoms with van der Waals surface area (Å²) in [4.78, 5) is 0. The number of ether oxygens (including phenoxy) is 1. The zero-order chi connectivity index (χ0) is 13.9. The van der Waals surface area contributed by atoms with Crippen LogP contribution in [0.2, 0.25) is 0 Å². The highest BCUT2D eigenvalue weighted by atomic mass is 32.2. The van der Waals surface area contributed by atoms with Crippen molar-refractivity contribution in [3.05, 3.63) is 59.7 Å². The average Bonchev–Trinajstić information content (AvgIpc) is 2.97. The van der Waals surface area contributed by atoms with E-state index in [-0.39, 0.29) is 11.1 Å². The van der Waals surface area contributed by atoms with E-state index in [1.54, 1.807) is 24.9 Å². The van der Waals surface area contributed by atoms with E-state index in [1.807, 2.05) is 42.5 Å². The third-order valence-electron chi connectivity index (χ3n) is 3.05. The molecule has 1 atom stereocenters. The number of nitrogens with one attached hydrogen (secondary N) is 1. The molecule has 1 aliphatic rings. The standard InChI is InChI=1S/C15H14N2O2S/c1-19-11-7-8-12(13(18)9-11)15-17-16-14(20-15)10-5-3-2-4-6-10/h2-9,15,17-18H,1H3/t15-/m1/s1. The normalized spacial score (nSPS) is 17.4. The maximum atomic E-state index is 10.1. The molecule has 1 aliphatic heterocycles. The Kier molecular flexibility index (Phi) is 3.52. The van der Waals surface area contributed by atoms with E-state index in [9.17, 15) is 5.11 Å². The third-order valence-corrected chi connectivity index (χ3v) is 4.20. The van der Waals surface area contributed by atoms with Crippen molar-refractivity contribution in [3.8, 4) is 11.5 Å². The van der Waals surface area contributed by atoms with Crippen molar-refractivity contribution in [1.82, 2.24) is 5.43 Å². The van der Waals surface area contributed by atoms with Crippen LogP contribution in [0.25, 0.3) is 0 Å². The minimum absolute atomic E-state index is 0.0869. The molecule has 4 nitrogen and oxygen atoms in total. The van der Waals surface area contributed by atoms with Crippen LogP contribution >= 0.6 is 11.8 Å². The average molecular weight is 286 g/mol. The SMILES string of the molecule is COc1ccc([C@@H]2NN=C(c3ccccc3)S2)c(O)c1. The number of hydrogen-bond acceptors (Lipinski definition) is 5. The van der Waals surface area contributed by atoms with Crippen molar-refractivity contribution in [1.29, 1.82) is 0 Å². The summed E-state index contributed by atoms with van der Waals surface area (Å²) in [5.74, 6) is 0.845. The first-order chi connectivity index (χ1) is 9.78. The number of hydrazone groups is 1. The van der Waals surface area contributed by atoms with Crippen molar-refractivity contribution < 1.29 is 9.84 Å². The molecule has 20 heavy (non-hydrogen) atoms. The van der Waals surface area contributed by atoms with Gasteiger partial charge in [0.05, 0.1) is 7.11 Å². The van der Waals surface area contributed by atoms with E-state index >= 15 is 0 Å². The van der Waals surface area contributed by atoms with Gasteiger partial charge in [-0.1, -0.05) is 42.1 Å². The Labute approximate surface area is 121 Å². The minimum atomic E-state index is -0.0869. The fourth-order valence-electron chi connectivity index (χ4n) is 2.00. The van der Waals surface area contributed by atoms with Gasteiger partial charge in [-0.15, -0.1) is 0 Å². The van der Waals surface area contributed by atoms with Gasteiger partial charge >= 0.3 is 0 Å². The molecule has 3 rings (SSSR count). The molecule has 0 aliphatic carbocycles. The zero-order valence-corrected chi connectivity index (χ0v) is 11.7. The van der Waals surface area contributed by atoms with Crippen molar-refractivity contribution in [2.75, 3.05) is 7.11 Å². The summed E-state index contributed by atoms with van der Waals surface area (Å²) in [6.07, 6.45) is 0. The number of aromatic hydroxyl groups is 1. The molecule has 2 aromatic rings. The number of hydrogen-bond donors (Lipinski definition) is 2. The maximum Gasteiger partial charge on any atom is 0.126 e. The van der Waals surface area contributed by atoms with Gasteiger partial charge in [0.1, 0.15) is 21.9 Å². The quantitative estimate of drug-likeness (QED) is 0.910. The lowest BCUT2D eigenvalue weighted by molar-refractivity contribution is 0.406. The van der Waals surface area contributed by atoms with Gasteiger partial charge in [0.2, 0.25) is 0 Å². The molecule has 0 spiro atoms. The summed E-state index contributed by atoms with van der Waals surface area (Å²) >= 11 is 1.58. The van der Waals surface area contributed by atoms with Gasteiger partial charge in [-0.3, -0.25) is 5.43 Å². The van der Waals surface area contributed by atoms with E-state index in [0.29, 0.717) is 5.75 Å². The van der Waals surface area contributed by atoms with Crippen molar-refractivity contribution in [2.24, 2.45) is 5.10 Å². The van der Waals surface area contributed by atoms with Crippen LogP contribution in [0.5, 0.6) is 11.5 Å². The highest BCUT2D eigenvalue weighted by Crippen LogP contribution is 2.39. The number of nitrogens with zero attached hydrogens (tertiary/aromatic N) is 1. The summed E-state index contributed by atoms with van der Waals surface area (Å²) < 4.78 is 5.09. The highest BCUT2D eigenvalue weighted by Gasteiger charge is 2.24. The topological polar surface area (TPSA) is 53.8 Å². The van der Waals surface area contributed by atoms with Crippen LogP contribution in [-0.2, 0) is 0 Å². The van der Waals surface area contributed by atoms with Crippen LogP contribution in [0.1, 0.15) is 16.5 Å². The molecule has 2 aromatic carbocycles. The monoisotopic (exact) mass is 286 g/mol. The molecule has 0 radical (unpaired) electrons. The van der Waals surface area contributed by atoms with Crippen molar-refractivity contribution in [3.63, 3.8) is 0 Å². The molecule has 0 fully saturated rings. The fourth-order valence-corrected chi connectivity index (χ4v) is 3.03. The molecule has 102 valence electrons. The van der Waals surface area contributed by atoms with E-state index in [4.69, 9.17) is 4.74 Å². The summed E-state index contributed by atoms with van der Waals surface area (Å²) in [7, 11) is 1.58. The van der Waals surface area contributed by atoms with Gasteiger partial charge < -0.3 is 9.84 Å². The Bertz CT molecular complexity index is 644. The van der Waals surface area contributed by atoms with Crippen LogP contribution in [0, 0.1) is 0 Å². The van der Waals surface area contributed by atoms with Crippen LogP contribution in [0.15, 0.2) is 53.6 Å². The van der Waals surface area contributed by atoms with Crippen LogP contribution in [0.3, 0.4) is 0 Å². The lowest BCUT2D eigenvalue weighted by Gasteiger charge is -2.12. The van der Waals surface area contributed by atoms with E-state index in [1.165, 1.54) is 0 Å².